The van der Waals surface area contributed by atoms with Crippen LogP contribution >= 0.6 is 0 Å². The molecule has 0 aliphatic carbocycles. The van der Waals surface area contributed by atoms with Crippen LogP contribution in [0.4, 0.5) is 0 Å². The van der Waals surface area contributed by atoms with Crippen molar-refractivity contribution in [1.29, 1.82) is 0 Å². The Labute approximate surface area is 107 Å². The molecular formula is C16H16O2. The fraction of sp³-hybridized carbons (Fsp3) is 0.250. The van der Waals surface area contributed by atoms with E-state index in [0.717, 1.165) is 36.3 Å². The van der Waals surface area contributed by atoms with Crippen molar-refractivity contribution in [2.75, 3.05) is 6.61 Å². The van der Waals surface area contributed by atoms with E-state index < -0.39 is 6.10 Å². The first-order valence-corrected chi connectivity index (χ1v) is 6.34. The largest absolute Gasteiger partial charge is 0.493 e. The summed E-state index contributed by atoms with van der Waals surface area (Å²) in [6.07, 6.45) is 1.47. The quantitative estimate of drug-likeness (QED) is 0.874. The zero-order chi connectivity index (χ0) is 12.4. The molecular weight excluding hydrogens is 224 g/mol. The van der Waals surface area contributed by atoms with Gasteiger partial charge in [0.25, 0.3) is 0 Å². The highest BCUT2D eigenvalue weighted by atomic mass is 16.5. The Kier molecular flexibility index (Phi) is 3.03. The molecule has 0 saturated carbocycles. The minimum atomic E-state index is -0.612. The summed E-state index contributed by atoms with van der Waals surface area (Å²) in [5, 5.41) is 10.5. The van der Waals surface area contributed by atoms with Gasteiger partial charge >= 0.3 is 0 Å². The number of aliphatic hydroxyl groups is 1. The Balaban J connectivity index is 2.02. The molecule has 2 nitrogen and oxygen atoms in total. The van der Waals surface area contributed by atoms with Crippen LogP contribution in [0.3, 0.4) is 0 Å². The Morgan fingerprint density at radius 2 is 1.83 bits per heavy atom. The molecule has 1 unspecified atom stereocenters. The molecule has 1 aliphatic heterocycles. The van der Waals surface area contributed by atoms with Gasteiger partial charge in [-0.15, -0.1) is 0 Å². The maximum Gasteiger partial charge on any atom is 0.128 e. The van der Waals surface area contributed by atoms with E-state index in [1.807, 2.05) is 42.5 Å². The monoisotopic (exact) mass is 240 g/mol. The van der Waals surface area contributed by atoms with Crippen LogP contribution < -0.4 is 4.74 Å². The first kappa shape index (κ1) is 11.3. The van der Waals surface area contributed by atoms with Gasteiger partial charge in [-0.2, -0.15) is 0 Å². The van der Waals surface area contributed by atoms with Crippen LogP contribution in [0.25, 0.3) is 0 Å². The summed E-state index contributed by atoms with van der Waals surface area (Å²) in [4.78, 5) is 0. The third kappa shape index (κ3) is 2.00. The number of aryl methyl sites for hydroxylation is 1. The molecule has 2 aromatic carbocycles. The van der Waals surface area contributed by atoms with Crippen molar-refractivity contribution in [2.45, 2.75) is 18.9 Å². The second kappa shape index (κ2) is 4.83. The Morgan fingerprint density at radius 1 is 1.00 bits per heavy atom. The third-order valence-electron chi connectivity index (χ3n) is 3.37. The molecule has 1 aliphatic rings. The van der Waals surface area contributed by atoms with Crippen LogP contribution in [-0.2, 0) is 6.42 Å². The van der Waals surface area contributed by atoms with Crippen LogP contribution in [0.2, 0.25) is 0 Å². The molecule has 18 heavy (non-hydrogen) atoms. The van der Waals surface area contributed by atoms with Crippen molar-refractivity contribution in [1.82, 2.24) is 0 Å². The number of aliphatic hydroxyl groups excluding tert-OH is 1. The minimum absolute atomic E-state index is 0.612. The molecule has 2 heteroatoms. The van der Waals surface area contributed by atoms with Gasteiger partial charge < -0.3 is 9.84 Å². The average Bonchev–Trinajstić information content (AvgIpc) is 2.47. The highest BCUT2D eigenvalue weighted by Gasteiger charge is 2.20. The highest BCUT2D eigenvalue weighted by Crippen LogP contribution is 2.35. The summed E-state index contributed by atoms with van der Waals surface area (Å²) < 4.78 is 5.74. The molecule has 1 heterocycles. The second-order valence-corrected chi connectivity index (χ2v) is 4.60. The van der Waals surface area contributed by atoms with E-state index in [-0.39, 0.29) is 0 Å². The van der Waals surface area contributed by atoms with Gasteiger partial charge in [-0.25, -0.2) is 0 Å². The van der Waals surface area contributed by atoms with E-state index in [2.05, 4.69) is 6.07 Å². The molecule has 2 aromatic rings. The van der Waals surface area contributed by atoms with Crippen molar-refractivity contribution in [3.8, 4) is 5.75 Å². The van der Waals surface area contributed by atoms with E-state index in [1.165, 1.54) is 5.56 Å². The number of rotatable bonds is 2. The van der Waals surface area contributed by atoms with Crippen molar-refractivity contribution < 1.29 is 9.84 Å². The molecule has 3 rings (SSSR count). The Morgan fingerprint density at radius 3 is 2.67 bits per heavy atom. The summed E-state index contributed by atoms with van der Waals surface area (Å²) in [6, 6.07) is 15.7. The van der Waals surface area contributed by atoms with Gasteiger partial charge in [0, 0.05) is 5.56 Å². The number of ether oxygens (including phenoxy) is 1. The number of benzene rings is 2. The Hall–Kier alpha value is -1.80. The minimum Gasteiger partial charge on any atom is -0.493 e. The average molecular weight is 240 g/mol. The molecule has 0 bridgehead atoms. The fourth-order valence-corrected chi connectivity index (χ4v) is 2.44. The van der Waals surface area contributed by atoms with Crippen LogP contribution in [0, 0.1) is 0 Å². The maximum absolute atomic E-state index is 10.5. The summed E-state index contributed by atoms with van der Waals surface area (Å²) in [6.45, 7) is 0.742. The van der Waals surface area contributed by atoms with Crippen LogP contribution in [0.1, 0.15) is 29.2 Å². The molecule has 0 spiro atoms. The Bertz CT molecular complexity index is 534. The van der Waals surface area contributed by atoms with E-state index in [0.29, 0.717) is 0 Å². The molecule has 0 radical (unpaired) electrons. The first-order chi connectivity index (χ1) is 8.86. The lowest BCUT2D eigenvalue weighted by molar-refractivity contribution is 0.206. The zero-order valence-corrected chi connectivity index (χ0v) is 10.2. The van der Waals surface area contributed by atoms with Gasteiger partial charge in [0.05, 0.1) is 6.61 Å². The second-order valence-electron chi connectivity index (χ2n) is 4.60. The van der Waals surface area contributed by atoms with Crippen molar-refractivity contribution in [3.63, 3.8) is 0 Å². The van der Waals surface area contributed by atoms with Gasteiger partial charge in [-0.1, -0.05) is 48.5 Å². The predicted octanol–water partition coefficient (Wildman–Crippen LogP) is 3.09. The molecule has 0 saturated heterocycles. The zero-order valence-electron chi connectivity index (χ0n) is 10.2. The topological polar surface area (TPSA) is 29.5 Å². The number of para-hydroxylation sites is 1. The van der Waals surface area contributed by atoms with Gasteiger partial charge in [0.15, 0.2) is 0 Å². The lowest BCUT2D eigenvalue weighted by Crippen LogP contribution is -2.12. The van der Waals surface area contributed by atoms with Gasteiger partial charge in [0.2, 0.25) is 0 Å². The molecule has 0 fully saturated rings. The summed E-state index contributed by atoms with van der Waals surface area (Å²) >= 11 is 0. The van der Waals surface area contributed by atoms with E-state index in [1.54, 1.807) is 0 Å². The summed E-state index contributed by atoms with van der Waals surface area (Å²) in [5.74, 6) is 0.875. The molecule has 0 amide bonds. The standard InChI is InChI=1S/C16H16O2/c17-15(12-6-2-1-3-7-12)14-10-4-8-13-9-5-11-18-16(13)14/h1-4,6-8,10,15,17H,5,9,11H2. The molecule has 1 atom stereocenters. The number of fused-ring (bicyclic) bond motifs is 1. The lowest BCUT2D eigenvalue weighted by atomic mass is 9.96. The van der Waals surface area contributed by atoms with E-state index in [9.17, 15) is 5.11 Å². The molecule has 0 aromatic heterocycles. The van der Waals surface area contributed by atoms with Gasteiger partial charge in [-0.3, -0.25) is 0 Å². The van der Waals surface area contributed by atoms with Crippen molar-refractivity contribution in [2.24, 2.45) is 0 Å². The van der Waals surface area contributed by atoms with Gasteiger partial charge in [-0.05, 0) is 24.0 Å². The van der Waals surface area contributed by atoms with Crippen molar-refractivity contribution in [3.05, 3.63) is 65.2 Å². The summed E-state index contributed by atoms with van der Waals surface area (Å²) in [5.41, 5.74) is 2.98. The summed E-state index contributed by atoms with van der Waals surface area (Å²) in [7, 11) is 0. The predicted molar refractivity (Wildman–Crippen MR) is 70.8 cm³/mol. The SMILES string of the molecule is OC(c1ccccc1)c1cccc2c1OCCC2. The van der Waals surface area contributed by atoms with Crippen LogP contribution in [-0.4, -0.2) is 11.7 Å². The number of hydrogen-bond acceptors (Lipinski definition) is 2. The normalized spacial score (nSPS) is 15.6. The highest BCUT2D eigenvalue weighted by molar-refractivity contribution is 5.46. The van der Waals surface area contributed by atoms with E-state index in [4.69, 9.17) is 4.74 Å². The lowest BCUT2D eigenvalue weighted by Gasteiger charge is -2.22. The smallest absolute Gasteiger partial charge is 0.128 e. The van der Waals surface area contributed by atoms with Crippen LogP contribution in [0.5, 0.6) is 5.75 Å². The maximum atomic E-state index is 10.5. The van der Waals surface area contributed by atoms with E-state index >= 15 is 0 Å². The molecule has 1 N–H and O–H groups in total. The van der Waals surface area contributed by atoms with Crippen LogP contribution in [0.15, 0.2) is 48.5 Å². The first-order valence-electron chi connectivity index (χ1n) is 6.34. The van der Waals surface area contributed by atoms with Gasteiger partial charge in [0.1, 0.15) is 11.9 Å². The molecule has 92 valence electrons. The fourth-order valence-electron chi connectivity index (χ4n) is 2.44. The van der Waals surface area contributed by atoms with Crippen molar-refractivity contribution >= 4 is 0 Å². The number of hydrogen-bond donors (Lipinski definition) is 1. The third-order valence-corrected chi connectivity index (χ3v) is 3.37.